The number of carbonyl (C=O) groups excluding carboxylic acids is 1. The van der Waals surface area contributed by atoms with Crippen LogP contribution in [0.15, 0.2) is 73.3 Å². The van der Waals surface area contributed by atoms with Crippen LogP contribution in [0, 0.1) is 11.2 Å². The normalized spacial score (nSPS) is 11.8. The maximum absolute atomic E-state index is 13.9. The van der Waals surface area contributed by atoms with Gasteiger partial charge in [-0.2, -0.15) is 5.10 Å². The lowest BCUT2D eigenvalue weighted by atomic mass is 9.95. The Labute approximate surface area is 217 Å². The lowest BCUT2D eigenvalue weighted by molar-refractivity contribution is -0.123. The number of nitrogens with one attached hydrogen (secondary N) is 3. The maximum Gasteiger partial charge on any atom is 0.229 e. The SMILES string of the molecule is CC(C)(C)C(=O)Nc1cncc(-c2ccc3[nH]nc(-c4cc5c(-c6cccc(F)c6)cncc5[nH]4)c3n2)c1. The Balaban J connectivity index is 1.40. The van der Waals surface area contributed by atoms with E-state index in [1.165, 1.54) is 12.1 Å². The Kier molecular flexibility index (Phi) is 5.48. The Morgan fingerprint density at radius 3 is 2.58 bits per heavy atom. The van der Waals surface area contributed by atoms with Crippen LogP contribution in [0.3, 0.4) is 0 Å². The molecule has 9 heteroatoms. The highest BCUT2D eigenvalue weighted by atomic mass is 19.1. The van der Waals surface area contributed by atoms with Crippen molar-refractivity contribution in [2.75, 3.05) is 5.32 Å². The number of hydrogen-bond donors (Lipinski definition) is 3. The fourth-order valence-electron chi connectivity index (χ4n) is 4.28. The van der Waals surface area contributed by atoms with Crippen LogP contribution >= 0.6 is 0 Å². The largest absolute Gasteiger partial charge is 0.352 e. The molecule has 5 aromatic heterocycles. The second-order valence-corrected chi connectivity index (χ2v) is 10.2. The molecule has 0 fully saturated rings. The molecule has 0 spiro atoms. The topological polar surface area (TPSA) is 112 Å². The van der Waals surface area contributed by atoms with E-state index in [2.05, 4.69) is 30.5 Å². The fourth-order valence-corrected chi connectivity index (χ4v) is 4.28. The molecule has 6 aromatic rings. The van der Waals surface area contributed by atoms with E-state index in [0.29, 0.717) is 22.6 Å². The smallest absolute Gasteiger partial charge is 0.229 e. The average molecular weight is 506 g/mol. The van der Waals surface area contributed by atoms with Gasteiger partial charge in [-0.15, -0.1) is 0 Å². The number of fused-ring (bicyclic) bond motifs is 2. The number of anilines is 1. The van der Waals surface area contributed by atoms with Gasteiger partial charge in [-0.3, -0.25) is 19.9 Å². The van der Waals surface area contributed by atoms with Gasteiger partial charge in [0.25, 0.3) is 0 Å². The van der Waals surface area contributed by atoms with Crippen molar-refractivity contribution in [1.82, 2.24) is 30.1 Å². The summed E-state index contributed by atoms with van der Waals surface area (Å²) in [5, 5.41) is 11.4. The first-order chi connectivity index (χ1) is 18.3. The van der Waals surface area contributed by atoms with E-state index in [1.54, 1.807) is 30.9 Å². The Hall–Kier alpha value is -4.92. The van der Waals surface area contributed by atoms with Crippen LogP contribution in [-0.4, -0.2) is 36.0 Å². The summed E-state index contributed by atoms with van der Waals surface area (Å²) in [5.41, 5.74) is 6.75. The molecular formula is C29H24FN7O. The summed E-state index contributed by atoms with van der Waals surface area (Å²) in [5.74, 6) is -0.398. The van der Waals surface area contributed by atoms with E-state index in [-0.39, 0.29) is 11.7 Å². The summed E-state index contributed by atoms with van der Waals surface area (Å²) < 4.78 is 13.9. The number of benzene rings is 1. The van der Waals surface area contributed by atoms with Crippen molar-refractivity contribution in [3.8, 4) is 33.8 Å². The minimum absolute atomic E-state index is 0.0945. The predicted molar refractivity (Wildman–Crippen MR) is 146 cm³/mol. The molecule has 38 heavy (non-hydrogen) atoms. The molecule has 0 aliphatic carbocycles. The summed E-state index contributed by atoms with van der Waals surface area (Å²) in [7, 11) is 0. The molecule has 0 bridgehead atoms. The highest BCUT2D eigenvalue weighted by Gasteiger charge is 2.21. The number of nitrogens with zero attached hydrogens (tertiary/aromatic N) is 4. The molecule has 5 heterocycles. The average Bonchev–Trinajstić information content (AvgIpc) is 3.52. The van der Waals surface area contributed by atoms with Gasteiger partial charge in [0.1, 0.15) is 17.0 Å². The number of halogens is 1. The zero-order valence-electron chi connectivity index (χ0n) is 21.0. The van der Waals surface area contributed by atoms with Crippen molar-refractivity contribution in [3.63, 3.8) is 0 Å². The lowest BCUT2D eigenvalue weighted by Gasteiger charge is -2.17. The molecule has 6 rings (SSSR count). The lowest BCUT2D eigenvalue weighted by Crippen LogP contribution is -2.27. The van der Waals surface area contributed by atoms with Gasteiger partial charge in [0.05, 0.1) is 40.5 Å². The standard InChI is InChI=1S/C29H24FN7O/c1-29(2,3)28(38)33-19-10-17(12-31-13-19)22-7-8-23-26(35-22)27(37-36-23)24-11-20-21(14-32-15-25(20)34-24)16-5-4-6-18(30)9-16/h4-15,34H,1-3H3,(H,33,38)(H,36,37). The summed E-state index contributed by atoms with van der Waals surface area (Å²) in [6.07, 6.45) is 6.79. The first kappa shape index (κ1) is 23.5. The molecule has 0 saturated carbocycles. The molecule has 0 atom stereocenters. The molecule has 8 nitrogen and oxygen atoms in total. The molecule has 0 aliphatic rings. The van der Waals surface area contributed by atoms with E-state index < -0.39 is 5.41 Å². The first-order valence-electron chi connectivity index (χ1n) is 12.1. The van der Waals surface area contributed by atoms with Crippen molar-refractivity contribution >= 4 is 33.5 Å². The van der Waals surface area contributed by atoms with Crippen LogP contribution < -0.4 is 5.32 Å². The third-order valence-electron chi connectivity index (χ3n) is 6.32. The molecule has 188 valence electrons. The number of aromatic amines is 2. The second-order valence-electron chi connectivity index (χ2n) is 10.2. The molecule has 1 aromatic carbocycles. The minimum Gasteiger partial charge on any atom is -0.352 e. The summed E-state index contributed by atoms with van der Waals surface area (Å²) in [4.78, 5) is 29.3. The van der Waals surface area contributed by atoms with E-state index in [9.17, 15) is 9.18 Å². The highest BCUT2D eigenvalue weighted by Crippen LogP contribution is 2.34. The Morgan fingerprint density at radius 2 is 1.76 bits per heavy atom. The zero-order chi connectivity index (χ0) is 26.4. The number of pyridine rings is 3. The van der Waals surface area contributed by atoms with Crippen molar-refractivity contribution in [1.29, 1.82) is 0 Å². The molecule has 1 amide bonds. The monoisotopic (exact) mass is 505 g/mol. The number of hydrogen-bond acceptors (Lipinski definition) is 5. The van der Waals surface area contributed by atoms with E-state index in [4.69, 9.17) is 4.98 Å². The van der Waals surface area contributed by atoms with Crippen molar-refractivity contribution in [2.45, 2.75) is 20.8 Å². The number of aromatic nitrogens is 6. The van der Waals surface area contributed by atoms with Crippen molar-refractivity contribution in [3.05, 3.63) is 79.1 Å². The Bertz CT molecular complexity index is 1830. The van der Waals surface area contributed by atoms with Gasteiger partial charge >= 0.3 is 0 Å². The highest BCUT2D eigenvalue weighted by molar-refractivity contribution is 6.00. The van der Waals surface area contributed by atoms with Crippen LogP contribution in [0.25, 0.3) is 55.7 Å². The van der Waals surface area contributed by atoms with E-state index in [1.807, 2.05) is 51.1 Å². The number of rotatable bonds is 4. The number of H-pyrrole nitrogens is 2. The van der Waals surface area contributed by atoms with E-state index in [0.717, 1.165) is 38.8 Å². The van der Waals surface area contributed by atoms with Crippen molar-refractivity contribution < 1.29 is 9.18 Å². The third kappa shape index (κ3) is 4.28. The van der Waals surface area contributed by atoms with Gasteiger partial charge in [0.15, 0.2) is 0 Å². The van der Waals surface area contributed by atoms with Gasteiger partial charge in [-0.25, -0.2) is 9.37 Å². The van der Waals surface area contributed by atoms with Gasteiger partial charge in [0, 0.05) is 34.3 Å². The molecule has 0 saturated heterocycles. The third-order valence-corrected chi connectivity index (χ3v) is 6.32. The summed E-state index contributed by atoms with van der Waals surface area (Å²) >= 11 is 0. The predicted octanol–water partition coefficient (Wildman–Crippen LogP) is 6.35. The van der Waals surface area contributed by atoms with Gasteiger partial charge in [0.2, 0.25) is 5.91 Å². The first-order valence-corrected chi connectivity index (χ1v) is 12.1. The van der Waals surface area contributed by atoms with Crippen LogP contribution in [0.5, 0.6) is 0 Å². The summed E-state index contributed by atoms with van der Waals surface area (Å²) in [6, 6.07) is 14.1. The van der Waals surface area contributed by atoms with Crippen LogP contribution in [-0.2, 0) is 4.79 Å². The minimum atomic E-state index is -0.525. The van der Waals surface area contributed by atoms with Gasteiger partial charge in [-0.05, 0) is 42.0 Å². The van der Waals surface area contributed by atoms with Crippen LogP contribution in [0.2, 0.25) is 0 Å². The van der Waals surface area contributed by atoms with Crippen LogP contribution in [0.1, 0.15) is 20.8 Å². The molecule has 0 unspecified atom stereocenters. The fraction of sp³-hybridized carbons (Fsp3) is 0.138. The van der Waals surface area contributed by atoms with Crippen LogP contribution in [0.4, 0.5) is 10.1 Å². The molecular weight excluding hydrogens is 481 g/mol. The van der Waals surface area contributed by atoms with Gasteiger partial charge in [-0.1, -0.05) is 32.9 Å². The van der Waals surface area contributed by atoms with Gasteiger partial charge < -0.3 is 10.3 Å². The zero-order valence-corrected chi connectivity index (χ0v) is 21.0. The molecule has 0 radical (unpaired) electrons. The molecule has 0 aliphatic heterocycles. The van der Waals surface area contributed by atoms with Crippen molar-refractivity contribution in [2.24, 2.45) is 5.41 Å². The second kappa shape index (κ2) is 8.88. The Morgan fingerprint density at radius 1 is 0.921 bits per heavy atom. The van der Waals surface area contributed by atoms with E-state index >= 15 is 0 Å². The number of amides is 1. The molecule has 3 N–H and O–H groups in total. The summed E-state index contributed by atoms with van der Waals surface area (Å²) in [6.45, 7) is 5.57. The number of carbonyl (C=O) groups is 1. The quantitative estimate of drug-likeness (QED) is 0.258. The maximum atomic E-state index is 13.9.